The van der Waals surface area contributed by atoms with E-state index in [0.717, 1.165) is 39.1 Å². The summed E-state index contributed by atoms with van der Waals surface area (Å²) >= 11 is 0. The summed E-state index contributed by atoms with van der Waals surface area (Å²) in [7, 11) is 0. The number of rotatable bonds is 0. The summed E-state index contributed by atoms with van der Waals surface area (Å²) in [5.74, 6) is 1.36. The predicted molar refractivity (Wildman–Crippen MR) is 93.2 cm³/mol. The Hall–Kier alpha value is -0.240. The molecule has 0 amide bonds. The predicted octanol–water partition coefficient (Wildman–Crippen LogP) is 1.04. The lowest BCUT2D eigenvalue weighted by molar-refractivity contribution is -0.0207. The fourth-order valence-electron chi connectivity index (χ4n) is 4.94. The first-order valence-corrected chi connectivity index (χ1v) is 9.95. The normalized spacial score (nSPS) is 50.2. The van der Waals surface area contributed by atoms with Gasteiger partial charge in [0.05, 0.1) is 12.2 Å². The van der Waals surface area contributed by atoms with Crippen LogP contribution in [0.25, 0.3) is 0 Å². The van der Waals surface area contributed by atoms with Crippen LogP contribution in [0, 0.1) is 11.8 Å². The quantitative estimate of drug-likeness (QED) is 0.614. The first-order valence-electron chi connectivity index (χ1n) is 9.95. The van der Waals surface area contributed by atoms with Crippen LogP contribution in [0.5, 0.6) is 0 Å². The highest BCUT2D eigenvalue weighted by atomic mass is 16.5. The zero-order valence-electron chi connectivity index (χ0n) is 15.2. The van der Waals surface area contributed by atoms with Crippen molar-refractivity contribution in [2.24, 2.45) is 11.8 Å². The number of nitrogens with zero attached hydrogens (tertiary/aromatic N) is 1. The second kappa shape index (κ2) is 7.56. The molecule has 1 aliphatic carbocycles. The number of ether oxygens (including phenoxy) is 2. The lowest BCUT2D eigenvalue weighted by Gasteiger charge is -2.34. The van der Waals surface area contributed by atoms with Gasteiger partial charge in [-0.2, -0.15) is 0 Å². The third-order valence-corrected chi connectivity index (χ3v) is 6.59. The van der Waals surface area contributed by atoms with E-state index in [1.54, 1.807) is 0 Å². The van der Waals surface area contributed by atoms with Gasteiger partial charge in [-0.15, -0.1) is 0 Å². The standard InChI is InChI=1S/C18H34N4O2/c1-12-5-7-23-13(2)6-8-24-15-3-4-17-16(9-15)18(21-20-17)14-10-19-22(12)11-14/h12-21H,3-11H2,1-2H3/t12-,13-,14?,15?,16?,17?,18?/m1/s1. The summed E-state index contributed by atoms with van der Waals surface area (Å²) < 4.78 is 12.2. The van der Waals surface area contributed by atoms with Crippen LogP contribution >= 0.6 is 0 Å². The van der Waals surface area contributed by atoms with Gasteiger partial charge >= 0.3 is 0 Å². The van der Waals surface area contributed by atoms with Gasteiger partial charge in [0.15, 0.2) is 0 Å². The van der Waals surface area contributed by atoms with Crippen LogP contribution < -0.4 is 16.3 Å². The average Bonchev–Trinajstić information content (AvgIpc) is 3.20. The van der Waals surface area contributed by atoms with Gasteiger partial charge in [0.25, 0.3) is 0 Å². The molecule has 3 heterocycles. The fraction of sp³-hybridized carbons (Fsp3) is 1.00. The molecule has 3 saturated heterocycles. The Bertz CT molecular complexity index is 424. The van der Waals surface area contributed by atoms with Crippen LogP contribution in [0.3, 0.4) is 0 Å². The van der Waals surface area contributed by atoms with Gasteiger partial charge in [-0.3, -0.25) is 16.3 Å². The maximum atomic E-state index is 6.22. The number of hydrogen-bond donors (Lipinski definition) is 3. The maximum Gasteiger partial charge on any atom is 0.0579 e. The van der Waals surface area contributed by atoms with Crippen molar-refractivity contribution >= 4 is 0 Å². The molecule has 6 unspecified atom stereocenters. The SMILES string of the molecule is C[C@@H]1CCOC2CCC3NNC(C4CNN(C4)[C@H](C)CCO1)C3C2. The van der Waals surface area contributed by atoms with E-state index in [1.165, 1.54) is 19.3 Å². The second-order valence-electron chi connectivity index (χ2n) is 8.27. The summed E-state index contributed by atoms with van der Waals surface area (Å²) in [5, 5.41) is 2.43. The summed E-state index contributed by atoms with van der Waals surface area (Å²) in [4.78, 5) is 0. The first-order chi connectivity index (χ1) is 11.7. The van der Waals surface area contributed by atoms with Crippen molar-refractivity contribution in [1.29, 1.82) is 0 Å². The van der Waals surface area contributed by atoms with E-state index in [2.05, 4.69) is 35.1 Å². The van der Waals surface area contributed by atoms with E-state index >= 15 is 0 Å². The van der Waals surface area contributed by atoms with Gasteiger partial charge in [-0.25, -0.2) is 5.01 Å². The van der Waals surface area contributed by atoms with E-state index in [1.807, 2.05) is 0 Å². The molecule has 4 aliphatic rings. The molecular weight excluding hydrogens is 304 g/mol. The molecule has 3 aliphatic heterocycles. The molecule has 8 atom stereocenters. The van der Waals surface area contributed by atoms with Gasteiger partial charge in [-0.05, 0) is 51.9 Å². The van der Waals surface area contributed by atoms with Crippen LogP contribution in [0.4, 0.5) is 0 Å². The summed E-state index contributed by atoms with van der Waals surface area (Å²) in [5.41, 5.74) is 10.8. The van der Waals surface area contributed by atoms with E-state index in [9.17, 15) is 0 Å². The van der Waals surface area contributed by atoms with Crippen LogP contribution in [0.15, 0.2) is 0 Å². The van der Waals surface area contributed by atoms with Gasteiger partial charge in [-0.1, -0.05) is 0 Å². The van der Waals surface area contributed by atoms with Crippen LogP contribution in [0.1, 0.15) is 46.0 Å². The largest absolute Gasteiger partial charge is 0.378 e. The minimum atomic E-state index is 0.292. The number of nitrogens with one attached hydrogen (secondary N) is 3. The van der Waals surface area contributed by atoms with E-state index in [0.29, 0.717) is 42.2 Å². The lowest BCUT2D eigenvalue weighted by Crippen LogP contribution is -2.42. The van der Waals surface area contributed by atoms with Crippen molar-refractivity contribution in [3.05, 3.63) is 0 Å². The van der Waals surface area contributed by atoms with Gasteiger partial charge in [0, 0.05) is 50.3 Å². The zero-order valence-corrected chi connectivity index (χ0v) is 15.2. The molecule has 6 nitrogen and oxygen atoms in total. The Morgan fingerprint density at radius 1 is 0.958 bits per heavy atom. The Labute approximate surface area is 145 Å². The topological polar surface area (TPSA) is 57.8 Å². The third-order valence-electron chi connectivity index (χ3n) is 6.59. The van der Waals surface area contributed by atoms with Crippen molar-refractivity contribution in [3.8, 4) is 0 Å². The average molecular weight is 338 g/mol. The zero-order chi connectivity index (χ0) is 16.5. The maximum absolute atomic E-state index is 6.22. The Balaban J connectivity index is 1.46. The fourth-order valence-corrected chi connectivity index (χ4v) is 4.94. The molecule has 24 heavy (non-hydrogen) atoms. The minimum absolute atomic E-state index is 0.292. The van der Waals surface area contributed by atoms with Crippen molar-refractivity contribution in [1.82, 2.24) is 21.3 Å². The molecule has 3 N–H and O–H groups in total. The Kier molecular flexibility index (Phi) is 5.41. The molecule has 1 saturated carbocycles. The van der Waals surface area contributed by atoms with Crippen molar-refractivity contribution in [2.75, 3.05) is 26.3 Å². The number of hydrogen-bond acceptors (Lipinski definition) is 6. The molecule has 4 bridgehead atoms. The minimum Gasteiger partial charge on any atom is -0.378 e. The van der Waals surface area contributed by atoms with Crippen molar-refractivity contribution < 1.29 is 9.47 Å². The molecule has 0 aromatic rings. The van der Waals surface area contributed by atoms with Crippen molar-refractivity contribution in [2.45, 2.75) is 76.3 Å². The smallest absolute Gasteiger partial charge is 0.0579 e. The summed E-state index contributed by atoms with van der Waals surface area (Å²) in [6, 6.07) is 1.71. The second-order valence-corrected chi connectivity index (χ2v) is 8.27. The first kappa shape index (κ1) is 17.2. The summed E-state index contributed by atoms with van der Waals surface area (Å²) in [6.45, 7) is 8.36. The molecule has 0 spiro atoms. The van der Waals surface area contributed by atoms with Crippen LogP contribution in [-0.4, -0.2) is 61.6 Å². The van der Waals surface area contributed by atoms with E-state index in [4.69, 9.17) is 9.47 Å². The van der Waals surface area contributed by atoms with Gasteiger partial charge < -0.3 is 9.47 Å². The van der Waals surface area contributed by atoms with E-state index in [-0.39, 0.29) is 0 Å². The number of hydrazine groups is 2. The van der Waals surface area contributed by atoms with Gasteiger partial charge in [0.2, 0.25) is 0 Å². The van der Waals surface area contributed by atoms with Crippen LogP contribution in [0.2, 0.25) is 0 Å². The molecule has 0 radical (unpaired) electrons. The number of fused-ring (bicyclic) bond motifs is 4. The highest BCUT2D eigenvalue weighted by Crippen LogP contribution is 2.35. The molecule has 0 aromatic heterocycles. The molecular formula is C18H34N4O2. The highest BCUT2D eigenvalue weighted by molar-refractivity contribution is 5.00. The molecule has 0 aromatic carbocycles. The third kappa shape index (κ3) is 3.64. The Morgan fingerprint density at radius 3 is 2.75 bits per heavy atom. The summed E-state index contributed by atoms with van der Waals surface area (Å²) in [6.07, 6.45) is 6.41. The monoisotopic (exact) mass is 338 g/mol. The van der Waals surface area contributed by atoms with Crippen LogP contribution in [-0.2, 0) is 9.47 Å². The highest BCUT2D eigenvalue weighted by Gasteiger charge is 2.45. The molecule has 4 rings (SSSR count). The molecule has 138 valence electrons. The van der Waals surface area contributed by atoms with E-state index < -0.39 is 0 Å². The molecule has 4 fully saturated rings. The van der Waals surface area contributed by atoms with Crippen molar-refractivity contribution in [3.63, 3.8) is 0 Å². The lowest BCUT2D eigenvalue weighted by atomic mass is 9.76. The van der Waals surface area contributed by atoms with Gasteiger partial charge in [0.1, 0.15) is 0 Å². The Morgan fingerprint density at radius 2 is 1.83 bits per heavy atom. The molecule has 6 heteroatoms.